The van der Waals surface area contributed by atoms with Crippen molar-refractivity contribution in [3.63, 3.8) is 0 Å². The Balaban J connectivity index is 1.88. The van der Waals surface area contributed by atoms with Crippen LogP contribution in [-0.4, -0.2) is 36.7 Å². The molecule has 1 heterocycles. The molecule has 0 spiro atoms. The van der Waals surface area contributed by atoms with E-state index in [-0.39, 0.29) is 5.60 Å². The van der Waals surface area contributed by atoms with Crippen molar-refractivity contribution in [2.45, 2.75) is 46.4 Å². The van der Waals surface area contributed by atoms with Crippen LogP contribution in [-0.2, 0) is 17.8 Å². The third-order valence-corrected chi connectivity index (χ3v) is 3.78. The van der Waals surface area contributed by atoms with Gasteiger partial charge in [-0.05, 0) is 37.4 Å². The van der Waals surface area contributed by atoms with Gasteiger partial charge in [0.15, 0.2) is 0 Å². The third kappa shape index (κ3) is 5.77. The Hall–Kier alpha value is -0.900. The molecule has 0 atom stereocenters. The van der Waals surface area contributed by atoms with E-state index in [0.29, 0.717) is 5.92 Å². The normalized spacial score (nSPS) is 19.1. The highest BCUT2D eigenvalue weighted by Gasteiger charge is 2.26. The van der Waals surface area contributed by atoms with Crippen molar-refractivity contribution in [3.8, 4) is 0 Å². The van der Waals surface area contributed by atoms with E-state index < -0.39 is 0 Å². The van der Waals surface area contributed by atoms with Gasteiger partial charge in [0.1, 0.15) is 0 Å². The monoisotopic (exact) mass is 290 g/mol. The molecular weight excluding hydrogens is 260 g/mol. The first-order chi connectivity index (χ1) is 9.94. The minimum absolute atomic E-state index is 0.0192. The van der Waals surface area contributed by atoms with E-state index in [4.69, 9.17) is 4.74 Å². The second-order valence-electron chi connectivity index (χ2n) is 7.16. The van der Waals surface area contributed by atoms with Gasteiger partial charge in [0.25, 0.3) is 0 Å². The summed E-state index contributed by atoms with van der Waals surface area (Å²) >= 11 is 0. The second-order valence-corrected chi connectivity index (χ2v) is 7.16. The number of ether oxygens (including phenoxy) is 1. The van der Waals surface area contributed by atoms with Crippen LogP contribution in [0.5, 0.6) is 0 Å². The number of nitrogens with one attached hydrogen (secondary N) is 1. The summed E-state index contributed by atoms with van der Waals surface area (Å²) < 4.78 is 5.78. The lowest BCUT2D eigenvalue weighted by atomic mass is 10.1. The van der Waals surface area contributed by atoms with E-state index in [2.05, 4.69) is 62.2 Å². The van der Waals surface area contributed by atoms with Crippen LogP contribution in [0, 0.1) is 5.92 Å². The first-order valence-corrected chi connectivity index (χ1v) is 8.09. The van der Waals surface area contributed by atoms with E-state index in [1.54, 1.807) is 0 Å². The van der Waals surface area contributed by atoms with Gasteiger partial charge in [-0.2, -0.15) is 0 Å². The summed E-state index contributed by atoms with van der Waals surface area (Å²) in [5.74, 6) is 0.698. The molecule has 1 aromatic rings. The van der Waals surface area contributed by atoms with E-state index in [1.807, 2.05) is 0 Å². The lowest BCUT2D eigenvalue weighted by Gasteiger charge is -2.38. The van der Waals surface area contributed by atoms with Crippen molar-refractivity contribution in [3.05, 3.63) is 35.4 Å². The zero-order valence-corrected chi connectivity index (χ0v) is 14.0. The summed E-state index contributed by atoms with van der Waals surface area (Å²) in [5.41, 5.74) is 2.76. The smallest absolute Gasteiger partial charge is 0.0753 e. The Morgan fingerprint density at radius 1 is 1.29 bits per heavy atom. The van der Waals surface area contributed by atoms with E-state index in [1.165, 1.54) is 11.1 Å². The number of hydrogen-bond acceptors (Lipinski definition) is 3. The van der Waals surface area contributed by atoms with Gasteiger partial charge in [-0.1, -0.05) is 38.1 Å². The van der Waals surface area contributed by atoms with Gasteiger partial charge >= 0.3 is 0 Å². The molecule has 1 N–H and O–H groups in total. The summed E-state index contributed by atoms with van der Waals surface area (Å²) in [7, 11) is 0. The number of hydrogen-bond donors (Lipinski definition) is 1. The van der Waals surface area contributed by atoms with Gasteiger partial charge in [-0.3, -0.25) is 4.90 Å². The van der Waals surface area contributed by atoms with Crippen LogP contribution in [0.25, 0.3) is 0 Å². The minimum Gasteiger partial charge on any atom is -0.373 e. The molecule has 0 saturated carbocycles. The molecule has 0 aromatic heterocycles. The van der Waals surface area contributed by atoms with Crippen LogP contribution in [0.15, 0.2) is 24.3 Å². The molecule has 118 valence electrons. The van der Waals surface area contributed by atoms with Gasteiger partial charge in [0.05, 0.1) is 12.2 Å². The summed E-state index contributed by atoms with van der Waals surface area (Å²) in [4.78, 5) is 2.49. The molecule has 2 rings (SSSR count). The Labute approximate surface area is 129 Å². The van der Waals surface area contributed by atoms with Crippen molar-refractivity contribution in [2.75, 3.05) is 26.2 Å². The molecule has 0 aliphatic carbocycles. The maximum atomic E-state index is 5.78. The van der Waals surface area contributed by atoms with Crippen LogP contribution >= 0.6 is 0 Å². The molecule has 3 nitrogen and oxygen atoms in total. The minimum atomic E-state index is -0.0192. The number of nitrogens with zero attached hydrogens (tertiary/aromatic N) is 1. The van der Waals surface area contributed by atoms with E-state index >= 15 is 0 Å². The standard InChI is InChI=1S/C18H30N2O/c1-15(2)11-19-12-16-6-5-7-17(10-16)13-20-8-9-21-18(3,4)14-20/h5-7,10,15,19H,8-9,11-14H2,1-4H3. The molecule has 0 bridgehead atoms. The molecule has 0 amide bonds. The summed E-state index contributed by atoms with van der Waals surface area (Å²) in [6.45, 7) is 14.7. The lowest BCUT2D eigenvalue weighted by molar-refractivity contribution is -0.0882. The predicted molar refractivity (Wildman–Crippen MR) is 88.3 cm³/mol. The van der Waals surface area contributed by atoms with E-state index in [9.17, 15) is 0 Å². The maximum absolute atomic E-state index is 5.78. The molecule has 1 saturated heterocycles. The molecule has 21 heavy (non-hydrogen) atoms. The van der Waals surface area contributed by atoms with Gasteiger partial charge < -0.3 is 10.1 Å². The Kier molecular flexibility index (Phi) is 5.80. The summed E-state index contributed by atoms with van der Waals surface area (Å²) in [5, 5.41) is 3.51. The highest BCUT2D eigenvalue weighted by Crippen LogP contribution is 2.18. The van der Waals surface area contributed by atoms with Crippen LogP contribution in [0.1, 0.15) is 38.8 Å². The lowest BCUT2D eigenvalue weighted by Crippen LogP contribution is -2.47. The number of benzene rings is 1. The average molecular weight is 290 g/mol. The molecular formula is C18H30N2O. The Bertz CT molecular complexity index is 443. The fourth-order valence-corrected chi connectivity index (χ4v) is 2.85. The predicted octanol–water partition coefficient (Wildman–Crippen LogP) is 3.04. The second kappa shape index (κ2) is 7.39. The fraction of sp³-hybridized carbons (Fsp3) is 0.667. The summed E-state index contributed by atoms with van der Waals surface area (Å²) in [6, 6.07) is 8.94. The third-order valence-electron chi connectivity index (χ3n) is 3.78. The zero-order valence-electron chi connectivity index (χ0n) is 14.0. The maximum Gasteiger partial charge on any atom is 0.0753 e. The van der Waals surface area contributed by atoms with Crippen molar-refractivity contribution in [1.82, 2.24) is 10.2 Å². The molecule has 1 aliphatic rings. The Morgan fingerprint density at radius 3 is 2.76 bits per heavy atom. The highest BCUT2D eigenvalue weighted by molar-refractivity contribution is 5.23. The highest BCUT2D eigenvalue weighted by atomic mass is 16.5. The molecule has 0 unspecified atom stereocenters. The van der Waals surface area contributed by atoms with Crippen LogP contribution < -0.4 is 5.32 Å². The number of rotatable bonds is 6. The first kappa shape index (κ1) is 16.5. The number of morpholine rings is 1. The molecule has 1 aliphatic heterocycles. The van der Waals surface area contributed by atoms with Crippen LogP contribution in [0.4, 0.5) is 0 Å². The van der Waals surface area contributed by atoms with Crippen LogP contribution in [0.3, 0.4) is 0 Å². The van der Waals surface area contributed by atoms with Gasteiger partial charge in [-0.25, -0.2) is 0 Å². The largest absolute Gasteiger partial charge is 0.373 e. The van der Waals surface area contributed by atoms with Crippen molar-refractivity contribution in [1.29, 1.82) is 0 Å². The Morgan fingerprint density at radius 2 is 2.05 bits per heavy atom. The van der Waals surface area contributed by atoms with Crippen molar-refractivity contribution in [2.24, 2.45) is 5.92 Å². The van der Waals surface area contributed by atoms with Gasteiger partial charge in [-0.15, -0.1) is 0 Å². The van der Waals surface area contributed by atoms with Gasteiger partial charge in [0, 0.05) is 26.2 Å². The zero-order chi connectivity index (χ0) is 15.3. The first-order valence-electron chi connectivity index (χ1n) is 8.09. The van der Waals surface area contributed by atoms with Gasteiger partial charge in [0.2, 0.25) is 0 Å². The quantitative estimate of drug-likeness (QED) is 0.871. The fourth-order valence-electron chi connectivity index (χ4n) is 2.85. The average Bonchev–Trinajstić information content (AvgIpc) is 2.37. The van der Waals surface area contributed by atoms with E-state index in [0.717, 1.165) is 39.3 Å². The molecule has 1 fully saturated rings. The topological polar surface area (TPSA) is 24.5 Å². The van der Waals surface area contributed by atoms with Crippen molar-refractivity contribution < 1.29 is 4.74 Å². The molecule has 3 heteroatoms. The SMILES string of the molecule is CC(C)CNCc1cccc(CN2CCOC(C)(C)C2)c1. The van der Waals surface area contributed by atoms with Crippen molar-refractivity contribution >= 4 is 0 Å². The van der Waals surface area contributed by atoms with Crippen LogP contribution in [0.2, 0.25) is 0 Å². The molecule has 1 aromatic carbocycles. The molecule has 0 radical (unpaired) electrons. The summed E-state index contributed by atoms with van der Waals surface area (Å²) in [6.07, 6.45) is 0.